The van der Waals surface area contributed by atoms with Gasteiger partial charge in [0, 0.05) is 37.3 Å². The molecule has 6 heteroatoms. The lowest BCUT2D eigenvalue weighted by Crippen LogP contribution is -2.49. The van der Waals surface area contributed by atoms with E-state index >= 15 is 0 Å². The molecule has 0 spiro atoms. The number of carbonyl (C=O) groups is 3. The zero-order valence-corrected chi connectivity index (χ0v) is 13.2. The highest BCUT2D eigenvalue weighted by atomic mass is 16.2. The van der Waals surface area contributed by atoms with Crippen molar-refractivity contribution in [1.82, 2.24) is 10.2 Å². The number of anilines is 1. The summed E-state index contributed by atoms with van der Waals surface area (Å²) in [5.74, 6) is 0.473. The number of rotatable bonds is 2. The van der Waals surface area contributed by atoms with Crippen molar-refractivity contribution < 1.29 is 14.4 Å². The van der Waals surface area contributed by atoms with Gasteiger partial charge < -0.3 is 4.90 Å². The van der Waals surface area contributed by atoms with Gasteiger partial charge in [-0.15, -0.1) is 0 Å². The van der Waals surface area contributed by atoms with Crippen LogP contribution in [0.15, 0.2) is 24.3 Å². The average molecular weight is 315 g/mol. The molecule has 0 atom stereocenters. The lowest BCUT2D eigenvalue weighted by Gasteiger charge is -2.30. The Hall–Kier alpha value is -2.37. The number of hydrogen-bond donors (Lipinski definition) is 1. The first kappa shape index (κ1) is 15.5. The third kappa shape index (κ3) is 3.36. The Kier molecular flexibility index (Phi) is 4.32. The maximum Gasteiger partial charge on any atom is 0.328 e. The molecule has 0 aromatic heterocycles. The van der Waals surface area contributed by atoms with Gasteiger partial charge in [0.25, 0.3) is 5.91 Å². The topological polar surface area (TPSA) is 69.7 Å². The SMILES string of the molecule is CC1CCN(C(=O)c2ccc(N3CCC(=O)NC3=O)cc2)CC1. The zero-order chi connectivity index (χ0) is 16.4. The molecule has 0 aliphatic carbocycles. The Bertz CT molecular complexity index is 618. The van der Waals surface area contributed by atoms with E-state index in [1.54, 1.807) is 24.3 Å². The third-order valence-electron chi connectivity index (χ3n) is 4.55. The van der Waals surface area contributed by atoms with Gasteiger partial charge in [-0.25, -0.2) is 4.79 Å². The van der Waals surface area contributed by atoms with Crippen LogP contribution in [0.5, 0.6) is 0 Å². The molecule has 2 fully saturated rings. The van der Waals surface area contributed by atoms with E-state index in [2.05, 4.69) is 12.2 Å². The van der Waals surface area contributed by atoms with Crippen molar-refractivity contribution in [2.75, 3.05) is 24.5 Å². The number of amides is 4. The van der Waals surface area contributed by atoms with Crippen LogP contribution in [0.2, 0.25) is 0 Å². The van der Waals surface area contributed by atoms with E-state index in [4.69, 9.17) is 0 Å². The molecule has 122 valence electrons. The van der Waals surface area contributed by atoms with Gasteiger partial charge in [0.2, 0.25) is 5.91 Å². The molecule has 1 aromatic carbocycles. The number of nitrogens with one attached hydrogen (secondary N) is 1. The number of piperidine rings is 1. The standard InChI is InChI=1S/C17H21N3O3/c1-12-6-9-19(10-7-12)16(22)13-2-4-14(5-3-13)20-11-8-15(21)18-17(20)23/h2-5,12H,6-11H2,1H3,(H,18,21,23). The summed E-state index contributed by atoms with van der Waals surface area (Å²) >= 11 is 0. The number of benzene rings is 1. The predicted octanol–water partition coefficient (Wildman–Crippen LogP) is 2.00. The first-order chi connectivity index (χ1) is 11.0. The quantitative estimate of drug-likeness (QED) is 0.907. The normalized spacial score (nSPS) is 19.7. The number of nitrogens with zero attached hydrogens (tertiary/aromatic N) is 2. The molecule has 23 heavy (non-hydrogen) atoms. The number of likely N-dealkylation sites (tertiary alicyclic amines) is 1. The summed E-state index contributed by atoms with van der Waals surface area (Å²) in [6, 6.07) is 6.61. The minimum atomic E-state index is -0.412. The first-order valence-electron chi connectivity index (χ1n) is 8.05. The Labute approximate surface area is 135 Å². The largest absolute Gasteiger partial charge is 0.339 e. The van der Waals surface area contributed by atoms with Crippen LogP contribution in [0.4, 0.5) is 10.5 Å². The summed E-state index contributed by atoms with van der Waals surface area (Å²) in [5.41, 5.74) is 1.33. The summed E-state index contributed by atoms with van der Waals surface area (Å²) in [5, 5.41) is 2.29. The van der Waals surface area contributed by atoms with Crippen molar-refractivity contribution in [1.29, 1.82) is 0 Å². The molecule has 0 radical (unpaired) electrons. The fraction of sp³-hybridized carbons (Fsp3) is 0.471. The van der Waals surface area contributed by atoms with Crippen LogP contribution in [0.1, 0.15) is 36.5 Å². The maximum absolute atomic E-state index is 12.5. The Morgan fingerprint density at radius 1 is 1.09 bits per heavy atom. The molecular weight excluding hydrogens is 294 g/mol. The van der Waals surface area contributed by atoms with Crippen molar-refractivity contribution >= 4 is 23.5 Å². The van der Waals surface area contributed by atoms with E-state index in [1.807, 2.05) is 4.90 Å². The van der Waals surface area contributed by atoms with Gasteiger partial charge in [-0.05, 0) is 43.0 Å². The van der Waals surface area contributed by atoms with Gasteiger partial charge in [0.1, 0.15) is 0 Å². The van der Waals surface area contributed by atoms with E-state index < -0.39 is 6.03 Å². The summed E-state index contributed by atoms with van der Waals surface area (Å²) in [4.78, 5) is 38.9. The highest BCUT2D eigenvalue weighted by molar-refractivity contribution is 6.05. The van der Waals surface area contributed by atoms with Crippen LogP contribution in [0.3, 0.4) is 0 Å². The second-order valence-corrected chi connectivity index (χ2v) is 6.28. The van der Waals surface area contributed by atoms with Crippen LogP contribution in [-0.4, -0.2) is 42.4 Å². The molecule has 3 rings (SSSR count). The maximum atomic E-state index is 12.5. The molecule has 1 N–H and O–H groups in total. The second kappa shape index (κ2) is 6.40. The summed E-state index contributed by atoms with van der Waals surface area (Å²) in [6.45, 7) is 4.18. The Morgan fingerprint density at radius 2 is 1.74 bits per heavy atom. The first-order valence-corrected chi connectivity index (χ1v) is 8.05. The molecule has 6 nitrogen and oxygen atoms in total. The average Bonchev–Trinajstić information content (AvgIpc) is 2.55. The van der Waals surface area contributed by atoms with Gasteiger partial charge in [-0.3, -0.25) is 19.8 Å². The molecule has 2 saturated heterocycles. The van der Waals surface area contributed by atoms with Crippen molar-refractivity contribution in [2.24, 2.45) is 5.92 Å². The smallest absolute Gasteiger partial charge is 0.328 e. The lowest BCUT2D eigenvalue weighted by atomic mass is 9.98. The molecule has 2 aliphatic rings. The van der Waals surface area contributed by atoms with Crippen LogP contribution in [-0.2, 0) is 4.79 Å². The van der Waals surface area contributed by atoms with Crippen molar-refractivity contribution in [3.05, 3.63) is 29.8 Å². The molecular formula is C17H21N3O3. The summed E-state index contributed by atoms with van der Waals surface area (Å²) in [7, 11) is 0. The molecule has 0 bridgehead atoms. The third-order valence-corrected chi connectivity index (χ3v) is 4.55. The molecule has 1 aromatic rings. The van der Waals surface area contributed by atoms with Gasteiger partial charge >= 0.3 is 6.03 Å². The fourth-order valence-electron chi connectivity index (χ4n) is 2.99. The minimum absolute atomic E-state index is 0.0433. The highest BCUT2D eigenvalue weighted by Crippen LogP contribution is 2.21. The van der Waals surface area contributed by atoms with Crippen molar-refractivity contribution in [3.63, 3.8) is 0 Å². The van der Waals surface area contributed by atoms with E-state index in [9.17, 15) is 14.4 Å². The lowest BCUT2D eigenvalue weighted by molar-refractivity contribution is -0.120. The van der Waals surface area contributed by atoms with E-state index in [-0.39, 0.29) is 11.8 Å². The summed E-state index contributed by atoms with van der Waals surface area (Å²) < 4.78 is 0. The van der Waals surface area contributed by atoms with Crippen molar-refractivity contribution in [3.8, 4) is 0 Å². The van der Waals surface area contributed by atoms with Gasteiger partial charge in [0.15, 0.2) is 0 Å². The fourth-order valence-corrected chi connectivity index (χ4v) is 2.99. The van der Waals surface area contributed by atoms with E-state index in [1.165, 1.54) is 4.90 Å². The Morgan fingerprint density at radius 3 is 2.35 bits per heavy atom. The van der Waals surface area contributed by atoms with E-state index in [0.717, 1.165) is 25.9 Å². The van der Waals surface area contributed by atoms with Crippen LogP contribution >= 0.6 is 0 Å². The van der Waals surface area contributed by atoms with Gasteiger partial charge in [0.05, 0.1) is 0 Å². The van der Waals surface area contributed by atoms with Crippen LogP contribution in [0, 0.1) is 5.92 Å². The van der Waals surface area contributed by atoms with Gasteiger partial charge in [-0.1, -0.05) is 6.92 Å². The zero-order valence-electron chi connectivity index (χ0n) is 13.2. The Balaban J connectivity index is 1.68. The van der Waals surface area contributed by atoms with E-state index in [0.29, 0.717) is 30.1 Å². The number of hydrogen-bond acceptors (Lipinski definition) is 3. The second-order valence-electron chi connectivity index (χ2n) is 6.28. The number of carbonyl (C=O) groups excluding carboxylic acids is 3. The molecule has 0 saturated carbocycles. The molecule has 0 unspecified atom stereocenters. The molecule has 2 heterocycles. The minimum Gasteiger partial charge on any atom is -0.339 e. The summed E-state index contributed by atoms with van der Waals surface area (Å²) in [6.07, 6.45) is 2.38. The highest BCUT2D eigenvalue weighted by Gasteiger charge is 2.25. The molecule has 2 aliphatic heterocycles. The molecule has 4 amide bonds. The van der Waals surface area contributed by atoms with Gasteiger partial charge in [-0.2, -0.15) is 0 Å². The number of urea groups is 1. The number of imide groups is 1. The monoisotopic (exact) mass is 315 g/mol. The predicted molar refractivity (Wildman–Crippen MR) is 86.2 cm³/mol. The van der Waals surface area contributed by atoms with Crippen LogP contribution in [0.25, 0.3) is 0 Å². The van der Waals surface area contributed by atoms with Crippen LogP contribution < -0.4 is 10.2 Å². The van der Waals surface area contributed by atoms with Crippen molar-refractivity contribution in [2.45, 2.75) is 26.2 Å².